The summed E-state index contributed by atoms with van der Waals surface area (Å²) in [5.74, 6) is 0.494. The van der Waals surface area contributed by atoms with Crippen LogP contribution in [0.1, 0.15) is 29.2 Å². The van der Waals surface area contributed by atoms with Crippen LogP contribution in [-0.4, -0.2) is 62.7 Å². The number of aliphatic hydroxyl groups is 1. The number of benzene rings is 3. The van der Waals surface area contributed by atoms with E-state index in [1.165, 1.54) is 14.2 Å². The summed E-state index contributed by atoms with van der Waals surface area (Å²) in [6, 6.07) is 21.7. The molecule has 1 aliphatic rings. The summed E-state index contributed by atoms with van der Waals surface area (Å²) in [5.41, 5.74) is 10.1. The van der Waals surface area contributed by atoms with E-state index < -0.39 is 23.8 Å². The minimum absolute atomic E-state index is 0.0443. The number of nitrogens with zero attached hydrogens (tertiary/aromatic N) is 4. The van der Waals surface area contributed by atoms with E-state index >= 15 is 0 Å². The molecule has 1 amide bonds. The van der Waals surface area contributed by atoms with Crippen LogP contribution in [0.5, 0.6) is 5.75 Å². The van der Waals surface area contributed by atoms with Gasteiger partial charge >= 0.3 is 0 Å². The van der Waals surface area contributed by atoms with Crippen LogP contribution in [0.15, 0.2) is 87.4 Å². The predicted molar refractivity (Wildman–Crippen MR) is 161 cm³/mol. The number of hydrogen-bond donors (Lipinski definition) is 2. The Morgan fingerprint density at radius 1 is 1.14 bits per heavy atom. The Hall–Kier alpha value is -3.93. The van der Waals surface area contributed by atoms with E-state index in [1.807, 2.05) is 30.3 Å². The number of ether oxygens (including phenoxy) is 4. The molecule has 0 aliphatic carbocycles. The highest BCUT2D eigenvalue weighted by molar-refractivity contribution is 9.10. The van der Waals surface area contributed by atoms with Gasteiger partial charge in [-0.05, 0) is 53.1 Å². The fourth-order valence-electron chi connectivity index (χ4n) is 4.61. The lowest BCUT2D eigenvalue weighted by atomic mass is 9.81. The molecule has 0 spiro atoms. The van der Waals surface area contributed by atoms with Gasteiger partial charge in [0, 0.05) is 54.3 Å². The van der Waals surface area contributed by atoms with Gasteiger partial charge in [0.05, 0.1) is 13.2 Å². The lowest BCUT2D eigenvalue weighted by molar-refractivity contribution is -0.134. The van der Waals surface area contributed by atoms with Crippen molar-refractivity contribution in [2.24, 2.45) is 10.1 Å². The zero-order valence-electron chi connectivity index (χ0n) is 23.3. The van der Waals surface area contributed by atoms with Crippen molar-refractivity contribution in [2.45, 2.75) is 30.8 Å². The minimum Gasteiger partial charge on any atom is -0.494 e. The third kappa shape index (κ3) is 7.28. The van der Waals surface area contributed by atoms with Crippen molar-refractivity contribution in [3.05, 3.63) is 104 Å². The van der Waals surface area contributed by atoms with Crippen LogP contribution < -0.4 is 10.1 Å². The molecule has 0 unspecified atom stereocenters. The molecule has 0 radical (unpaired) electrons. The fourth-order valence-corrected chi connectivity index (χ4v) is 4.87. The van der Waals surface area contributed by atoms with Crippen molar-refractivity contribution in [1.82, 2.24) is 5.32 Å². The number of hydrogen-bond acceptors (Lipinski definition) is 8. The average molecular weight is 639 g/mol. The van der Waals surface area contributed by atoms with E-state index in [9.17, 15) is 10.3 Å². The first-order valence-electron chi connectivity index (χ1n) is 13.3. The summed E-state index contributed by atoms with van der Waals surface area (Å²) in [7, 11) is 2.98. The zero-order chi connectivity index (χ0) is 30.0. The molecule has 0 saturated carbocycles. The Morgan fingerprint density at radius 3 is 2.52 bits per heavy atom. The number of rotatable bonds is 14. The number of amides is 1. The van der Waals surface area contributed by atoms with Crippen molar-refractivity contribution < 1.29 is 28.8 Å². The molecule has 2 N–H and O–H groups in total. The first-order chi connectivity index (χ1) is 20.4. The first kappa shape index (κ1) is 31.0. The van der Waals surface area contributed by atoms with E-state index in [1.54, 1.807) is 42.5 Å². The molecular weight excluding hydrogens is 606 g/mol. The van der Waals surface area contributed by atoms with Crippen LogP contribution in [0.4, 0.5) is 5.69 Å². The maximum absolute atomic E-state index is 14.2. The molecule has 1 heterocycles. The van der Waals surface area contributed by atoms with Crippen LogP contribution >= 0.6 is 15.9 Å². The third-order valence-corrected chi connectivity index (χ3v) is 7.29. The first-order valence-corrected chi connectivity index (χ1v) is 14.1. The van der Waals surface area contributed by atoms with Crippen LogP contribution in [-0.2, 0) is 25.4 Å². The molecule has 1 aliphatic heterocycles. The number of aliphatic hydroxyl groups excluding tert-OH is 1. The van der Waals surface area contributed by atoms with Crippen molar-refractivity contribution in [1.29, 1.82) is 0 Å². The topological polar surface area (TPSA) is 147 Å². The second-order valence-corrected chi connectivity index (χ2v) is 10.4. The smallest absolute Gasteiger partial charge is 0.252 e. The fraction of sp³-hybridized carbons (Fsp3) is 0.333. The van der Waals surface area contributed by atoms with Gasteiger partial charge in [-0.15, -0.1) is 0 Å². The lowest BCUT2D eigenvalue weighted by Gasteiger charge is -2.31. The van der Waals surface area contributed by atoms with Gasteiger partial charge in [-0.3, -0.25) is 4.79 Å². The third-order valence-electron chi connectivity index (χ3n) is 6.76. The average Bonchev–Trinajstić information content (AvgIpc) is 3.40. The van der Waals surface area contributed by atoms with E-state index in [0.29, 0.717) is 35.6 Å². The number of carbonyl (C=O) groups excluding carboxylic acids is 1. The number of azide groups is 1. The largest absolute Gasteiger partial charge is 0.494 e. The molecular formula is C30H32BrN5O6. The Kier molecular flexibility index (Phi) is 10.9. The summed E-state index contributed by atoms with van der Waals surface area (Å²) in [5, 5.41) is 15.8. The monoisotopic (exact) mass is 637 g/mol. The normalized spacial score (nSPS) is 17.7. The van der Waals surface area contributed by atoms with Crippen LogP contribution in [0.3, 0.4) is 0 Å². The molecule has 0 bridgehead atoms. The highest BCUT2D eigenvalue weighted by atomic mass is 79.9. The van der Waals surface area contributed by atoms with Gasteiger partial charge in [0.2, 0.25) is 5.90 Å². The van der Waals surface area contributed by atoms with Crippen LogP contribution in [0, 0.1) is 0 Å². The van der Waals surface area contributed by atoms with E-state index in [-0.39, 0.29) is 25.5 Å². The highest BCUT2D eigenvalue weighted by Crippen LogP contribution is 2.44. The molecule has 3 aromatic carbocycles. The zero-order valence-corrected chi connectivity index (χ0v) is 24.9. The highest BCUT2D eigenvalue weighted by Gasteiger charge is 2.53. The van der Waals surface area contributed by atoms with E-state index in [0.717, 1.165) is 10.0 Å². The summed E-state index contributed by atoms with van der Waals surface area (Å²) >= 11 is 3.48. The summed E-state index contributed by atoms with van der Waals surface area (Å²) < 4.78 is 23.6. The molecule has 0 saturated heterocycles. The minimum atomic E-state index is -1.49. The van der Waals surface area contributed by atoms with Crippen molar-refractivity contribution in [3.8, 4) is 5.75 Å². The SMILES string of the molecule is COC(CNC(=O)[C@]1(Cc2ccccc2N=[N+]=[N-])N=C(c2ccc(OCCCO)cc2)O[C@@H]1c1ccc(Br)cc1)OC. The van der Waals surface area contributed by atoms with Gasteiger partial charge in [-0.2, -0.15) is 0 Å². The second-order valence-electron chi connectivity index (χ2n) is 9.45. The molecule has 3 aromatic rings. The number of nitrogens with one attached hydrogen (secondary N) is 1. The van der Waals surface area contributed by atoms with Crippen molar-refractivity contribution in [3.63, 3.8) is 0 Å². The Balaban J connectivity index is 1.81. The molecule has 11 nitrogen and oxygen atoms in total. The van der Waals surface area contributed by atoms with Crippen LogP contribution in [0.2, 0.25) is 0 Å². The van der Waals surface area contributed by atoms with E-state index in [2.05, 4.69) is 31.3 Å². The number of halogens is 1. The Bertz CT molecular complexity index is 1420. The lowest BCUT2D eigenvalue weighted by Crippen LogP contribution is -2.51. The maximum atomic E-state index is 14.2. The second kappa shape index (κ2) is 14.8. The summed E-state index contributed by atoms with van der Waals surface area (Å²) in [6.07, 6.45) is -0.903. The molecule has 0 fully saturated rings. The van der Waals surface area contributed by atoms with Gasteiger partial charge in [0.25, 0.3) is 5.91 Å². The van der Waals surface area contributed by atoms with Crippen molar-refractivity contribution in [2.75, 3.05) is 34.0 Å². The maximum Gasteiger partial charge on any atom is 0.252 e. The molecule has 42 heavy (non-hydrogen) atoms. The summed E-state index contributed by atoms with van der Waals surface area (Å²) in [6.45, 7) is 0.503. The van der Waals surface area contributed by atoms with Crippen molar-refractivity contribution >= 4 is 33.4 Å². The van der Waals surface area contributed by atoms with Gasteiger partial charge in [-0.1, -0.05) is 57.4 Å². The molecule has 12 heteroatoms. The Labute approximate surface area is 252 Å². The number of aliphatic imine (C=N–C) groups is 1. The quantitative estimate of drug-likeness (QED) is 0.0796. The standard InChI is InChI=1S/C30H32BrN5O6/c1-39-26(40-2)19-33-29(38)30(18-22-6-3-4-7-25(22)35-36-32)27(20-8-12-23(31)13-9-20)42-28(34-30)21-10-14-24(15-11-21)41-17-5-16-37/h3-4,6-15,26-27,37H,5,16-19H2,1-2H3,(H,33,38)/t27-,30-/m1/s1. The van der Waals surface area contributed by atoms with Crippen LogP contribution in [0.25, 0.3) is 10.4 Å². The molecule has 0 aromatic heterocycles. The van der Waals surface area contributed by atoms with E-state index in [4.69, 9.17) is 29.0 Å². The Morgan fingerprint density at radius 2 is 1.86 bits per heavy atom. The number of carbonyl (C=O) groups is 1. The molecule has 4 rings (SSSR count). The van der Waals surface area contributed by atoms with Gasteiger partial charge < -0.3 is 29.4 Å². The molecule has 220 valence electrons. The predicted octanol–water partition coefficient (Wildman–Crippen LogP) is 5.39. The van der Waals surface area contributed by atoms with Gasteiger partial charge in [0.15, 0.2) is 17.9 Å². The molecule has 2 atom stereocenters. The van der Waals surface area contributed by atoms with Gasteiger partial charge in [-0.25, -0.2) is 4.99 Å². The number of methoxy groups -OCH3 is 2. The summed E-state index contributed by atoms with van der Waals surface area (Å²) in [4.78, 5) is 22.2. The van der Waals surface area contributed by atoms with Gasteiger partial charge in [0.1, 0.15) is 5.75 Å².